The number of para-hydroxylation sites is 1. The third-order valence-corrected chi connectivity index (χ3v) is 7.48. The monoisotopic (exact) mass is 411 g/mol. The number of rotatable bonds is 5. The van der Waals surface area contributed by atoms with Crippen LogP contribution in [0.3, 0.4) is 0 Å². The van der Waals surface area contributed by atoms with Crippen LogP contribution in [0.1, 0.15) is 40.6 Å². The Balaban J connectivity index is 1.70. The molecule has 6 heteroatoms. The molecule has 1 saturated heterocycles. The number of fused-ring (bicyclic) bond motifs is 1. The van der Waals surface area contributed by atoms with Gasteiger partial charge in [-0.2, -0.15) is 0 Å². The van der Waals surface area contributed by atoms with Crippen LogP contribution in [0.5, 0.6) is 0 Å². The minimum absolute atomic E-state index is 0.00502. The lowest BCUT2D eigenvalue weighted by Gasteiger charge is -2.28. The third kappa shape index (κ3) is 3.94. The summed E-state index contributed by atoms with van der Waals surface area (Å²) < 4.78 is 30.1. The van der Waals surface area contributed by atoms with Crippen molar-refractivity contribution in [3.63, 3.8) is 0 Å². The third-order valence-electron chi connectivity index (χ3n) is 5.73. The van der Waals surface area contributed by atoms with Crippen LogP contribution in [0.15, 0.2) is 52.9 Å². The molecule has 4 rings (SSSR count). The maximum atomic E-state index is 13.5. The Kier molecular flexibility index (Phi) is 5.21. The van der Waals surface area contributed by atoms with Gasteiger partial charge in [0.15, 0.2) is 15.6 Å². The Hall–Kier alpha value is -2.60. The van der Waals surface area contributed by atoms with Gasteiger partial charge in [0, 0.05) is 23.5 Å². The highest BCUT2D eigenvalue weighted by atomic mass is 32.2. The van der Waals surface area contributed by atoms with Gasteiger partial charge >= 0.3 is 0 Å². The normalized spacial score (nSPS) is 18.2. The molecule has 0 aliphatic carbocycles. The Morgan fingerprint density at radius 2 is 1.79 bits per heavy atom. The van der Waals surface area contributed by atoms with Crippen LogP contribution >= 0.6 is 0 Å². The minimum atomic E-state index is -3.12. The van der Waals surface area contributed by atoms with Crippen LogP contribution in [0.2, 0.25) is 0 Å². The summed E-state index contributed by atoms with van der Waals surface area (Å²) in [7, 11) is -3.12. The molecule has 2 heterocycles. The molecule has 0 radical (unpaired) electrons. The molecule has 1 aliphatic rings. The van der Waals surface area contributed by atoms with Crippen molar-refractivity contribution in [3.05, 3.63) is 71.0 Å². The zero-order valence-corrected chi connectivity index (χ0v) is 17.5. The van der Waals surface area contributed by atoms with Gasteiger partial charge in [0.05, 0.1) is 11.5 Å². The molecule has 152 valence electrons. The van der Waals surface area contributed by atoms with E-state index >= 15 is 0 Å². The number of hydrogen-bond acceptors (Lipinski definition) is 4. The lowest BCUT2D eigenvalue weighted by atomic mass is 10.1. The van der Waals surface area contributed by atoms with Crippen molar-refractivity contribution < 1.29 is 17.6 Å². The summed E-state index contributed by atoms with van der Waals surface area (Å²) in [5.74, 6) is 0.168. The van der Waals surface area contributed by atoms with E-state index in [0.29, 0.717) is 24.3 Å². The van der Waals surface area contributed by atoms with Crippen LogP contribution in [0.4, 0.5) is 0 Å². The molecular formula is C23H25NO4S. The Bertz CT molecular complexity index is 1150. The van der Waals surface area contributed by atoms with Gasteiger partial charge in [-0.3, -0.25) is 4.79 Å². The molecule has 3 aromatic rings. The molecule has 2 aromatic carbocycles. The molecule has 1 amide bonds. The van der Waals surface area contributed by atoms with E-state index < -0.39 is 9.84 Å². The lowest BCUT2D eigenvalue weighted by molar-refractivity contribution is 0.0649. The number of carbonyl (C=O) groups is 1. The molecular weight excluding hydrogens is 386 g/mol. The lowest BCUT2D eigenvalue weighted by Crippen LogP contribution is -2.40. The second-order valence-electron chi connectivity index (χ2n) is 7.71. The number of furan rings is 1. The SMILES string of the molecule is CCc1ccc(CN(C(=O)c2oc3ccccc3c2C)[C@H]2CCS(=O)(=O)C2)cc1. The summed E-state index contributed by atoms with van der Waals surface area (Å²) in [5.41, 5.74) is 3.66. The number of aryl methyl sites for hydroxylation is 2. The van der Waals surface area contributed by atoms with Crippen molar-refractivity contribution in [1.29, 1.82) is 0 Å². The highest BCUT2D eigenvalue weighted by Gasteiger charge is 2.36. The van der Waals surface area contributed by atoms with E-state index in [2.05, 4.69) is 19.1 Å². The Morgan fingerprint density at radius 1 is 1.10 bits per heavy atom. The summed E-state index contributed by atoms with van der Waals surface area (Å²) in [6, 6.07) is 15.3. The average Bonchev–Trinajstić information content (AvgIpc) is 3.25. The van der Waals surface area contributed by atoms with E-state index in [1.165, 1.54) is 5.56 Å². The molecule has 1 aromatic heterocycles. The molecule has 0 saturated carbocycles. The molecule has 0 N–H and O–H groups in total. The number of hydrogen-bond donors (Lipinski definition) is 0. The maximum absolute atomic E-state index is 13.5. The van der Waals surface area contributed by atoms with E-state index in [1.807, 2.05) is 43.3 Å². The standard InChI is InChI=1S/C23H25NO4S/c1-3-17-8-10-18(11-9-17)14-24(19-12-13-29(26,27)15-19)23(25)22-16(2)20-6-4-5-7-21(20)28-22/h4-11,19H,3,12-15H2,1-2H3/t19-/m0/s1. The smallest absolute Gasteiger partial charge is 0.290 e. The number of amides is 1. The first-order chi connectivity index (χ1) is 13.9. The summed E-state index contributed by atoms with van der Waals surface area (Å²) in [6.45, 7) is 4.33. The second-order valence-corrected chi connectivity index (χ2v) is 9.94. The van der Waals surface area contributed by atoms with Crippen molar-refractivity contribution >= 4 is 26.7 Å². The molecule has 1 aliphatic heterocycles. The molecule has 0 bridgehead atoms. The predicted octanol–water partition coefficient (Wildman–Crippen LogP) is 4.13. The van der Waals surface area contributed by atoms with Gasteiger partial charge in [-0.15, -0.1) is 0 Å². The fourth-order valence-electron chi connectivity index (χ4n) is 3.97. The summed E-state index contributed by atoms with van der Waals surface area (Å²) in [5, 5.41) is 0.905. The number of sulfone groups is 1. The zero-order valence-electron chi connectivity index (χ0n) is 16.7. The van der Waals surface area contributed by atoms with Crippen LogP contribution in [-0.4, -0.2) is 36.8 Å². The van der Waals surface area contributed by atoms with Gasteiger partial charge in [-0.05, 0) is 37.0 Å². The first-order valence-corrected chi connectivity index (χ1v) is 11.8. The van der Waals surface area contributed by atoms with Crippen molar-refractivity contribution in [3.8, 4) is 0 Å². The van der Waals surface area contributed by atoms with E-state index in [0.717, 1.165) is 22.9 Å². The summed E-state index contributed by atoms with van der Waals surface area (Å²) in [6.07, 6.45) is 1.41. The quantitative estimate of drug-likeness (QED) is 0.633. The second kappa shape index (κ2) is 7.67. The van der Waals surface area contributed by atoms with E-state index in [1.54, 1.807) is 4.90 Å². The fraction of sp³-hybridized carbons (Fsp3) is 0.348. The highest BCUT2D eigenvalue weighted by Crippen LogP contribution is 2.29. The highest BCUT2D eigenvalue weighted by molar-refractivity contribution is 7.91. The first-order valence-electron chi connectivity index (χ1n) is 9.95. The number of carbonyl (C=O) groups excluding carboxylic acids is 1. The van der Waals surface area contributed by atoms with Crippen LogP contribution < -0.4 is 0 Å². The minimum Gasteiger partial charge on any atom is -0.451 e. The van der Waals surface area contributed by atoms with Gasteiger partial charge in [0.25, 0.3) is 5.91 Å². The average molecular weight is 412 g/mol. The first kappa shape index (κ1) is 19.7. The molecule has 0 spiro atoms. The largest absolute Gasteiger partial charge is 0.451 e. The van der Waals surface area contributed by atoms with Crippen molar-refractivity contribution in [1.82, 2.24) is 4.90 Å². The summed E-state index contributed by atoms with van der Waals surface area (Å²) in [4.78, 5) is 15.2. The number of nitrogens with zero attached hydrogens (tertiary/aromatic N) is 1. The van der Waals surface area contributed by atoms with E-state index in [9.17, 15) is 13.2 Å². The van der Waals surface area contributed by atoms with Gasteiger partial charge in [-0.1, -0.05) is 49.4 Å². The predicted molar refractivity (Wildman–Crippen MR) is 114 cm³/mol. The van der Waals surface area contributed by atoms with Crippen molar-refractivity contribution in [2.75, 3.05) is 11.5 Å². The van der Waals surface area contributed by atoms with Gasteiger partial charge < -0.3 is 9.32 Å². The van der Waals surface area contributed by atoms with Crippen LogP contribution in [0, 0.1) is 6.92 Å². The topological polar surface area (TPSA) is 67.6 Å². The molecule has 29 heavy (non-hydrogen) atoms. The van der Waals surface area contributed by atoms with Crippen molar-refractivity contribution in [2.45, 2.75) is 39.3 Å². The zero-order chi connectivity index (χ0) is 20.6. The summed E-state index contributed by atoms with van der Waals surface area (Å²) >= 11 is 0. The van der Waals surface area contributed by atoms with Gasteiger partial charge in [0.1, 0.15) is 5.58 Å². The molecule has 1 fully saturated rings. The fourth-order valence-corrected chi connectivity index (χ4v) is 5.70. The van der Waals surface area contributed by atoms with Gasteiger partial charge in [-0.25, -0.2) is 8.42 Å². The molecule has 0 unspecified atom stereocenters. The van der Waals surface area contributed by atoms with Gasteiger partial charge in [0.2, 0.25) is 0 Å². The van der Waals surface area contributed by atoms with Crippen molar-refractivity contribution in [2.24, 2.45) is 0 Å². The number of benzene rings is 2. The Morgan fingerprint density at radius 3 is 2.41 bits per heavy atom. The van der Waals surface area contributed by atoms with Crippen LogP contribution in [-0.2, 0) is 22.8 Å². The van der Waals surface area contributed by atoms with E-state index in [-0.39, 0.29) is 23.5 Å². The maximum Gasteiger partial charge on any atom is 0.290 e. The molecule has 5 nitrogen and oxygen atoms in total. The Labute approximate surface area is 171 Å². The van der Waals surface area contributed by atoms with E-state index in [4.69, 9.17) is 4.42 Å². The van der Waals surface area contributed by atoms with Crippen LogP contribution in [0.25, 0.3) is 11.0 Å². The molecule has 1 atom stereocenters.